The van der Waals surface area contributed by atoms with Crippen LogP contribution in [0.1, 0.15) is 52.5 Å². The van der Waals surface area contributed by atoms with Crippen LogP contribution in [-0.4, -0.2) is 25.6 Å². The number of hydrogen-bond acceptors (Lipinski definition) is 6. The molecule has 1 unspecified atom stereocenters. The van der Waals surface area contributed by atoms with Crippen LogP contribution in [0.4, 0.5) is 5.00 Å². The Kier molecular flexibility index (Phi) is 6.97. The third-order valence-corrected chi connectivity index (χ3v) is 5.50. The van der Waals surface area contributed by atoms with Gasteiger partial charge in [-0.25, -0.2) is 4.79 Å². The molecule has 0 saturated carbocycles. The smallest absolute Gasteiger partial charge is 0.348 e. The van der Waals surface area contributed by atoms with Crippen molar-refractivity contribution in [2.45, 2.75) is 33.1 Å². The number of carbonyl (C=O) groups excluding carboxylic acids is 2. The molecular formula is C20H22N2O4S. The van der Waals surface area contributed by atoms with Gasteiger partial charge in [0.05, 0.1) is 12.7 Å². The van der Waals surface area contributed by atoms with E-state index in [4.69, 9.17) is 9.47 Å². The van der Waals surface area contributed by atoms with Crippen LogP contribution in [0.5, 0.6) is 5.75 Å². The highest BCUT2D eigenvalue weighted by Gasteiger charge is 2.21. The van der Waals surface area contributed by atoms with Crippen molar-refractivity contribution in [1.29, 1.82) is 5.26 Å². The molecular weight excluding hydrogens is 364 g/mol. The first-order valence-corrected chi connectivity index (χ1v) is 9.37. The lowest BCUT2D eigenvalue weighted by molar-refractivity contribution is -0.118. The third kappa shape index (κ3) is 4.86. The first kappa shape index (κ1) is 20.5. The summed E-state index contributed by atoms with van der Waals surface area (Å²) in [6.45, 7) is 5.73. The van der Waals surface area contributed by atoms with Gasteiger partial charge < -0.3 is 14.8 Å². The average Bonchev–Trinajstić information content (AvgIpc) is 3.00. The summed E-state index contributed by atoms with van der Waals surface area (Å²) in [6, 6.07) is 9.65. The zero-order valence-electron chi connectivity index (χ0n) is 15.8. The maximum Gasteiger partial charge on any atom is 0.348 e. The van der Waals surface area contributed by atoms with Crippen molar-refractivity contribution >= 4 is 28.2 Å². The van der Waals surface area contributed by atoms with E-state index in [2.05, 4.69) is 19.2 Å². The fourth-order valence-corrected chi connectivity index (χ4v) is 3.56. The molecule has 27 heavy (non-hydrogen) atoms. The SMILES string of the molecule is CCC(C)c1ccc(OCC(=O)Nc2sc(C(=O)OC)c(C)c2C#N)cc1. The van der Waals surface area contributed by atoms with Gasteiger partial charge in [-0.2, -0.15) is 5.26 Å². The molecule has 0 radical (unpaired) electrons. The van der Waals surface area contributed by atoms with E-state index >= 15 is 0 Å². The van der Waals surface area contributed by atoms with Gasteiger partial charge in [0.25, 0.3) is 5.91 Å². The standard InChI is InChI=1S/C20H22N2O4S/c1-5-12(2)14-6-8-15(9-7-14)26-11-17(23)22-19-16(10-21)13(3)18(27-19)20(24)25-4/h6-9,12H,5,11H2,1-4H3,(H,22,23). The highest BCUT2D eigenvalue weighted by Crippen LogP contribution is 2.33. The van der Waals surface area contributed by atoms with Crippen molar-refractivity contribution in [3.05, 3.63) is 45.8 Å². The van der Waals surface area contributed by atoms with E-state index in [0.29, 0.717) is 27.1 Å². The Labute approximate surface area is 162 Å². The summed E-state index contributed by atoms with van der Waals surface area (Å²) in [5.41, 5.74) is 1.97. The predicted molar refractivity (Wildman–Crippen MR) is 104 cm³/mol. The van der Waals surface area contributed by atoms with Crippen molar-refractivity contribution < 1.29 is 19.1 Å². The number of carbonyl (C=O) groups is 2. The summed E-state index contributed by atoms with van der Waals surface area (Å²) in [6.07, 6.45) is 1.05. The Hall–Kier alpha value is -2.85. The van der Waals surface area contributed by atoms with Crippen molar-refractivity contribution in [2.24, 2.45) is 0 Å². The number of nitriles is 1. The summed E-state index contributed by atoms with van der Waals surface area (Å²) < 4.78 is 10.2. The van der Waals surface area contributed by atoms with E-state index in [1.807, 2.05) is 30.3 Å². The van der Waals surface area contributed by atoms with E-state index in [9.17, 15) is 14.9 Å². The van der Waals surface area contributed by atoms with Crippen molar-refractivity contribution in [3.63, 3.8) is 0 Å². The number of amides is 1. The van der Waals surface area contributed by atoms with Crippen LogP contribution in [-0.2, 0) is 9.53 Å². The molecule has 1 amide bonds. The first-order chi connectivity index (χ1) is 12.9. The second-order valence-electron chi connectivity index (χ2n) is 6.08. The second-order valence-corrected chi connectivity index (χ2v) is 7.10. The Morgan fingerprint density at radius 1 is 1.30 bits per heavy atom. The fourth-order valence-electron chi connectivity index (χ4n) is 2.46. The van der Waals surface area contributed by atoms with Crippen molar-refractivity contribution in [1.82, 2.24) is 0 Å². The average molecular weight is 386 g/mol. The molecule has 1 aromatic carbocycles. The molecule has 142 valence electrons. The van der Waals surface area contributed by atoms with E-state index < -0.39 is 11.9 Å². The molecule has 0 fully saturated rings. The molecule has 0 bridgehead atoms. The number of anilines is 1. The van der Waals surface area contributed by atoms with Gasteiger partial charge in [-0.15, -0.1) is 11.3 Å². The highest BCUT2D eigenvalue weighted by atomic mass is 32.1. The summed E-state index contributed by atoms with van der Waals surface area (Å²) in [5, 5.41) is 12.3. The lowest BCUT2D eigenvalue weighted by Gasteiger charge is -2.10. The van der Waals surface area contributed by atoms with Gasteiger partial charge in [0.1, 0.15) is 21.7 Å². The van der Waals surface area contributed by atoms with Crippen LogP contribution in [0.25, 0.3) is 0 Å². The monoisotopic (exact) mass is 386 g/mol. The maximum atomic E-state index is 12.2. The second kappa shape index (κ2) is 9.19. The van der Waals surface area contributed by atoms with E-state index in [1.165, 1.54) is 12.7 Å². The lowest BCUT2D eigenvalue weighted by Crippen LogP contribution is -2.20. The van der Waals surface area contributed by atoms with Gasteiger partial charge >= 0.3 is 5.97 Å². The quantitative estimate of drug-likeness (QED) is 0.719. The van der Waals surface area contributed by atoms with Gasteiger partial charge in [0.15, 0.2) is 6.61 Å². The number of nitrogens with one attached hydrogen (secondary N) is 1. The molecule has 1 N–H and O–H groups in total. The minimum absolute atomic E-state index is 0.196. The Balaban J connectivity index is 2.02. The number of rotatable bonds is 7. The minimum atomic E-state index is -0.535. The van der Waals surface area contributed by atoms with Crippen molar-refractivity contribution in [3.8, 4) is 11.8 Å². The zero-order valence-corrected chi connectivity index (χ0v) is 16.6. The third-order valence-electron chi connectivity index (χ3n) is 4.31. The number of ether oxygens (including phenoxy) is 2. The summed E-state index contributed by atoms with van der Waals surface area (Å²) >= 11 is 1.02. The molecule has 7 heteroatoms. The minimum Gasteiger partial charge on any atom is -0.484 e. The van der Waals surface area contributed by atoms with Crippen LogP contribution < -0.4 is 10.1 Å². The molecule has 0 aliphatic heterocycles. The molecule has 2 aromatic rings. The summed E-state index contributed by atoms with van der Waals surface area (Å²) in [7, 11) is 1.27. The molecule has 2 rings (SSSR count). The van der Waals surface area contributed by atoms with Gasteiger partial charge in [-0.3, -0.25) is 4.79 Å². The number of esters is 1. The number of nitrogens with zero attached hydrogens (tertiary/aromatic N) is 1. The summed E-state index contributed by atoms with van der Waals surface area (Å²) in [5.74, 6) is 0.121. The van der Waals surface area contributed by atoms with Crippen LogP contribution in [0.2, 0.25) is 0 Å². The number of thiophene rings is 1. The topological polar surface area (TPSA) is 88.4 Å². The molecule has 0 saturated heterocycles. The summed E-state index contributed by atoms with van der Waals surface area (Å²) in [4.78, 5) is 24.2. The fraction of sp³-hybridized carbons (Fsp3) is 0.350. The Morgan fingerprint density at radius 3 is 2.52 bits per heavy atom. The van der Waals surface area contributed by atoms with Crippen LogP contribution in [0.15, 0.2) is 24.3 Å². The van der Waals surface area contributed by atoms with Gasteiger partial charge in [-0.1, -0.05) is 26.0 Å². The number of methoxy groups -OCH3 is 1. The molecule has 0 aliphatic rings. The van der Waals surface area contributed by atoms with Crippen molar-refractivity contribution in [2.75, 3.05) is 19.0 Å². The van der Waals surface area contributed by atoms with E-state index in [0.717, 1.165) is 17.8 Å². The van der Waals surface area contributed by atoms with E-state index in [-0.39, 0.29) is 12.2 Å². The molecule has 0 aliphatic carbocycles. The van der Waals surface area contributed by atoms with E-state index in [1.54, 1.807) is 6.92 Å². The maximum absolute atomic E-state index is 12.2. The van der Waals surface area contributed by atoms with Gasteiger partial charge in [0, 0.05) is 0 Å². The molecule has 0 spiro atoms. The molecule has 1 atom stereocenters. The number of hydrogen-bond donors (Lipinski definition) is 1. The normalized spacial score (nSPS) is 11.4. The molecule has 1 aromatic heterocycles. The first-order valence-electron chi connectivity index (χ1n) is 8.55. The van der Waals surface area contributed by atoms with Crippen LogP contribution in [0, 0.1) is 18.3 Å². The van der Waals surface area contributed by atoms with Crippen LogP contribution in [0.3, 0.4) is 0 Å². The van der Waals surface area contributed by atoms with Gasteiger partial charge in [-0.05, 0) is 42.5 Å². The Bertz CT molecular complexity index is 865. The number of benzene rings is 1. The largest absolute Gasteiger partial charge is 0.484 e. The zero-order chi connectivity index (χ0) is 20.0. The predicted octanol–water partition coefficient (Wildman–Crippen LogP) is 4.25. The molecule has 1 heterocycles. The Morgan fingerprint density at radius 2 is 1.96 bits per heavy atom. The highest BCUT2D eigenvalue weighted by molar-refractivity contribution is 7.18. The van der Waals surface area contributed by atoms with Crippen LogP contribution >= 0.6 is 11.3 Å². The molecule has 6 nitrogen and oxygen atoms in total. The van der Waals surface area contributed by atoms with Gasteiger partial charge in [0.2, 0.25) is 0 Å². The lowest BCUT2D eigenvalue weighted by atomic mass is 9.99.